The monoisotopic (exact) mass is 424 g/mol. The number of methoxy groups -OCH3 is 1. The minimum absolute atomic E-state index is 0.0701. The zero-order valence-corrected chi connectivity index (χ0v) is 18.7. The molecule has 0 bridgehead atoms. The summed E-state index contributed by atoms with van der Waals surface area (Å²) in [5.74, 6) is 1.38. The van der Waals surface area contributed by atoms with E-state index in [1.54, 1.807) is 7.11 Å². The van der Waals surface area contributed by atoms with Crippen LogP contribution in [0.2, 0.25) is 0 Å². The van der Waals surface area contributed by atoms with Gasteiger partial charge in [-0.1, -0.05) is 61.5 Å². The number of rotatable bonds is 9. The van der Waals surface area contributed by atoms with E-state index in [-0.39, 0.29) is 11.7 Å². The number of hydrogen-bond donors (Lipinski definition) is 1. The summed E-state index contributed by atoms with van der Waals surface area (Å²) in [7, 11) is 1.67. The number of aryl methyl sites for hydroxylation is 1. The lowest BCUT2D eigenvalue weighted by Crippen LogP contribution is -2.15. The molecule has 158 valence electrons. The minimum Gasteiger partial charge on any atom is -0.383 e. The van der Waals surface area contributed by atoms with Crippen LogP contribution in [0.1, 0.15) is 30.9 Å². The minimum atomic E-state index is -0.0701. The van der Waals surface area contributed by atoms with E-state index in [0.29, 0.717) is 24.2 Å². The summed E-state index contributed by atoms with van der Waals surface area (Å²) >= 11 is 1.38. The van der Waals surface area contributed by atoms with Crippen molar-refractivity contribution in [1.29, 1.82) is 0 Å². The van der Waals surface area contributed by atoms with Crippen LogP contribution in [-0.2, 0) is 16.1 Å². The molecule has 0 aliphatic rings. The molecule has 3 rings (SSSR count). The Morgan fingerprint density at radius 2 is 1.97 bits per heavy atom. The average molecular weight is 425 g/mol. The molecular formula is C23H28N4O2S. The van der Waals surface area contributed by atoms with Crippen molar-refractivity contribution < 1.29 is 9.53 Å². The number of nitrogens with zero attached hydrogens (tertiary/aromatic N) is 3. The number of benzene rings is 2. The molecule has 0 saturated heterocycles. The van der Waals surface area contributed by atoms with Crippen LogP contribution in [0, 0.1) is 6.92 Å². The molecule has 1 aromatic heterocycles. The van der Waals surface area contributed by atoms with E-state index < -0.39 is 0 Å². The summed E-state index contributed by atoms with van der Waals surface area (Å²) in [6.45, 7) is 7.48. The van der Waals surface area contributed by atoms with Gasteiger partial charge in [0.1, 0.15) is 0 Å². The molecule has 30 heavy (non-hydrogen) atoms. The number of nitrogens with one attached hydrogen (secondary N) is 1. The van der Waals surface area contributed by atoms with Crippen LogP contribution in [0.3, 0.4) is 0 Å². The quantitative estimate of drug-likeness (QED) is 0.502. The Morgan fingerprint density at radius 3 is 2.70 bits per heavy atom. The van der Waals surface area contributed by atoms with Crippen molar-refractivity contribution in [2.45, 2.75) is 38.4 Å². The molecule has 0 saturated carbocycles. The first kappa shape index (κ1) is 22.1. The fourth-order valence-corrected chi connectivity index (χ4v) is 3.84. The fourth-order valence-electron chi connectivity index (χ4n) is 3.08. The van der Waals surface area contributed by atoms with Gasteiger partial charge in [0.25, 0.3) is 0 Å². The van der Waals surface area contributed by atoms with Gasteiger partial charge in [0, 0.05) is 18.4 Å². The standard InChI is InChI=1S/C23H28N4O2S/c1-16(2)18-8-6-10-20(14-18)24-21(28)15-30-23-26-25-22(27(23)11-12-29-4)19-9-5-7-17(3)13-19/h5-10,13-14,16H,11-12,15H2,1-4H3,(H,24,28). The summed E-state index contributed by atoms with van der Waals surface area (Å²) in [6, 6.07) is 16.1. The van der Waals surface area contributed by atoms with Gasteiger partial charge in [-0.15, -0.1) is 10.2 Å². The Balaban J connectivity index is 1.71. The zero-order chi connectivity index (χ0) is 21.5. The van der Waals surface area contributed by atoms with Crippen LogP contribution < -0.4 is 5.32 Å². The topological polar surface area (TPSA) is 69.0 Å². The van der Waals surface area contributed by atoms with Gasteiger partial charge in [-0.2, -0.15) is 0 Å². The van der Waals surface area contributed by atoms with Gasteiger partial charge in [-0.05, 0) is 36.6 Å². The van der Waals surface area contributed by atoms with Crippen molar-refractivity contribution >= 4 is 23.4 Å². The lowest BCUT2D eigenvalue weighted by atomic mass is 10.0. The first-order valence-corrected chi connectivity index (χ1v) is 11.0. The summed E-state index contributed by atoms with van der Waals surface area (Å²) < 4.78 is 7.26. The van der Waals surface area contributed by atoms with Crippen LogP contribution in [0.15, 0.2) is 53.7 Å². The maximum atomic E-state index is 12.5. The Hall–Kier alpha value is -2.64. The SMILES string of the molecule is COCCn1c(SCC(=O)Nc2cccc(C(C)C)c2)nnc1-c1cccc(C)c1. The summed E-state index contributed by atoms with van der Waals surface area (Å²) in [5, 5.41) is 12.4. The Kier molecular flexibility index (Phi) is 7.65. The van der Waals surface area contributed by atoms with Gasteiger partial charge in [0.2, 0.25) is 5.91 Å². The molecule has 0 aliphatic heterocycles. The summed E-state index contributed by atoms with van der Waals surface area (Å²) in [5.41, 5.74) is 4.17. The van der Waals surface area contributed by atoms with E-state index in [0.717, 1.165) is 22.6 Å². The summed E-state index contributed by atoms with van der Waals surface area (Å²) in [4.78, 5) is 12.5. The van der Waals surface area contributed by atoms with Crippen molar-refractivity contribution in [3.05, 3.63) is 59.7 Å². The van der Waals surface area contributed by atoms with Crippen LogP contribution in [0.25, 0.3) is 11.4 Å². The lowest BCUT2D eigenvalue weighted by Gasteiger charge is -2.11. The van der Waals surface area contributed by atoms with Crippen LogP contribution in [0.4, 0.5) is 5.69 Å². The number of ether oxygens (including phenoxy) is 1. The smallest absolute Gasteiger partial charge is 0.234 e. The molecule has 1 heterocycles. The molecule has 0 atom stereocenters. The first-order chi connectivity index (χ1) is 14.5. The van der Waals surface area contributed by atoms with Crippen LogP contribution in [0.5, 0.6) is 0 Å². The second-order valence-electron chi connectivity index (χ2n) is 7.44. The molecule has 7 heteroatoms. The summed E-state index contributed by atoms with van der Waals surface area (Å²) in [6.07, 6.45) is 0. The average Bonchev–Trinajstić information content (AvgIpc) is 3.13. The highest BCUT2D eigenvalue weighted by Gasteiger charge is 2.16. The van der Waals surface area contributed by atoms with Crippen molar-refractivity contribution in [1.82, 2.24) is 14.8 Å². The normalized spacial score (nSPS) is 11.1. The third kappa shape index (κ3) is 5.70. The molecule has 1 amide bonds. The van der Waals surface area contributed by atoms with Crippen molar-refractivity contribution in [2.75, 3.05) is 24.8 Å². The molecule has 1 N–H and O–H groups in total. The fraction of sp³-hybridized carbons (Fsp3) is 0.348. The van der Waals surface area contributed by atoms with Gasteiger partial charge >= 0.3 is 0 Å². The van der Waals surface area contributed by atoms with Crippen LogP contribution >= 0.6 is 11.8 Å². The number of thioether (sulfide) groups is 1. The lowest BCUT2D eigenvalue weighted by molar-refractivity contribution is -0.113. The van der Waals surface area contributed by atoms with Gasteiger partial charge < -0.3 is 10.1 Å². The predicted octanol–water partition coefficient (Wildman–Crippen LogP) is 4.75. The molecule has 0 aliphatic carbocycles. The van der Waals surface area contributed by atoms with Crippen molar-refractivity contribution in [3.8, 4) is 11.4 Å². The van der Waals surface area contributed by atoms with E-state index in [2.05, 4.69) is 41.5 Å². The van der Waals surface area contributed by atoms with Gasteiger partial charge in [-0.3, -0.25) is 9.36 Å². The molecule has 0 fully saturated rings. The van der Waals surface area contributed by atoms with E-state index in [1.165, 1.54) is 17.3 Å². The number of aromatic nitrogens is 3. The van der Waals surface area contributed by atoms with Gasteiger partial charge in [0.05, 0.1) is 18.9 Å². The Morgan fingerprint density at radius 1 is 1.17 bits per heavy atom. The highest BCUT2D eigenvalue weighted by molar-refractivity contribution is 7.99. The Bertz CT molecular complexity index is 1000. The van der Waals surface area contributed by atoms with Crippen molar-refractivity contribution in [3.63, 3.8) is 0 Å². The number of carbonyl (C=O) groups excluding carboxylic acids is 1. The molecule has 0 unspecified atom stereocenters. The van der Waals surface area contributed by atoms with Crippen LogP contribution in [-0.4, -0.2) is 40.1 Å². The number of amides is 1. The third-order valence-corrected chi connectivity index (χ3v) is 5.65. The van der Waals surface area contributed by atoms with Crippen molar-refractivity contribution in [2.24, 2.45) is 0 Å². The largest absolute Gasteiger partial charge is 0.383 e. The molecule has 3 aromatic rings. The Labute approximate surface area is 182 Å². The molecule has 6 nitrogen and oxygen atoms in total. The molecule has 0 spiro atoms. The molecule has 2 aromatic carbocycles. The predicted molar refractivity (Wildman–Crippen MR) is 122 cm³/mol. The molecule has 0 radical (unpaired) electrons. The maximum absolute atomic E-state index is 12.5. The highest BCUT2D eigenvalue weighted by Crippen LogP contribution is 2.25. The van der Waals surface area contributed by atoms with E-state index >= 15 is 0 Å². The maximum Gasteiger partial charge on any atom is 0.234 e. The van der Waals surface area contributed by atoms with E-state index in [1.807, 2.05) is 47.9 Å². The second-order valence-corrected chi connectivity index (χ2v) is 8.38. The third-order valence-electron chi connectivity index (χ3n) is 4.68. The zero-order valence-electron chi connectivity index (χ0n) is 17.9. The molecular weight excluding hydrogens is 396 g/mol. The number of carbonyl (C=O) groups is 1. The number of anilines is 1. The van der Waals surface area contributed by atoms with Gasteiger partial charge in [0.15, 0.2) is 11.0 Å². The first-order valence-electron chi connectivity index (χ1n) is 9.99. The van der Waals surface area contributed by atoms with E-state index in [9.17, 15) is 4.79 Å². The highest BCUT2D eigenvalue weighted by atomic mass is 32.2. The van der Waals surface area contributed by atoms with Gasteiger partial charge in [-0.25, -0.2) is 0 Å². The van der Waals surface area contributed by atoms with E-state index in [4.69, 9.17) is 4.74 Å². The number of hydrogen-bond acceptors (Lipinski definition) is 5. The second kappa shape index (κ2) is 10.4.